The molecule has 0 aliphatic heterocycles. The van der Waals surface area contributed by atoms with E-state index in [1.165, 1.54) is 13.2 Å². The average molecular weight is 266 g/mol. The maximum Gasteiger partial charge on any atom is 0.280 e. The zero-order chi connectivity index (χ0) is 14.0. The monoisotopic (exact) mass is 266 g/mol. The number of aromatic nitrogens is 1. The van der Waals surface area contributed by atoms with Gasteiger partial charge in [0.05, 0.1) is 7.11 Å². The number of nitrogens with zero attached hydrogens (tertiary/aromatic N) is 1. The van der Waals surface area contributed by atoms with Crippen LogP contribution in [0.5, 0.6) is 5.75 Å². The van der Waals surface area contributed by atoms with Crippen LogP contribution in [0.1, 0.15) is 24.6 Å². The molecule has 2 rings (SSSR count). The summed E-state index contributed by atoms with van der Waals surface area (Å²) < 4.78 is 31.1. The van der Waals surface area contributed by atoms with Gasteiger partial charge in [-0.3, -0.25) is 0 Å². The molecule has 102 valence electrons. The van der Waals surface area contributed by atoms with Gasteiger partial charge < -0.3 is 10.1 Å². The molecule has 0 aliphatic rings. The van der Waals surface area contributed by atoms with Crippen LogP contribution in [0.4, 0.5) is 14.5 Å². The van der Waals surface area contributed by atoms with Crippen LogP contribution in [0, 0.1) is 6.92 Å². The Morgan fingerprint density at radius 1 is 1.37 bits per heavy atom. The Bertz CT molecular complexity index is 600. The summed E-state index contributed by atoms with van der Waals surface area (Å²) in [4.78, 5) is 4.03. The van der Waals surface area contributed by atoms with Gasteiger partial charge in [-0.2, -0.15) is 0 Å². The molecule has 19 heavy (non-hydrogen) atoms. The second-order valence-corrected chi connectivity index (χ2v) is 4.23. The number of methoxy groups -OCH3 is 1. The fraction of sp³-hybridized carbons (Fsp3) is 0.357. The van der Waals surface area contributed by atoms with Crippen molar-refractivity contribution >= 4 is 16.6 Å². The van der Waals surface area contributed by atoms with Crippen molar-refractivity contribution in [3.63, 3.8) is 0 Å². The lowest BCUT2D eigenvalue weighted by atomic mass is 10.1. The summed E-state index contributed by atoms with van der Waals surface area (Å²) in [6, 6.07) is 5.05. The third-order valence-electron chi connectivity index (χ3n) is 2.96. The van der Waals surface area contributed by atoms with Gasteiger partial charge in [0, 0.05) is 17.6 Å². The third kappa shape index (κ3) is 2.45. The average Bonchev–Trinajstić information content (AvgIpc) is 2.39. The lowest BCUT2D eigenvalue weighted by Crippen LogP contribution is -2.03. The zero-order valence-corrected chi connectivity index (χ0v) is 11.1. The Morgan fingerprint density at radius 2 is 2.11 bits per heavy atom. The number of halogens is 2. The normalized spacial score (nSPS) is 11.1. The second kappa shape index (κ2) is 5.38. The highest BCUT2D eigenvalue weighted by molar-refractivity contribution is 5.97. The van der Waals surface area contributed by atoms with Crippen LogP contribution >= 0.6 is 0 Å². The largest absolute Gasteiger partial charge is 0.494 e. The Balaban J connectivity index is 2.81. The number of rotatable bonds is 4. The van der Waals surface area contributed by atoms with Crippen molar-refractivity contribution in [1.29, 1.82) is 0 Å². The number of fused-ring (bicyclic) bond motifs is 1. The summed E-state index contributed by atoms with van der Waals surface area (Å²) in [5.41, 5.74) is 1.86. The molecule has 0 fully saturated rings. The number of hydrogen-bond acceptors (Lipinski definition) is 3. The van der Waals surface area contributed by atoms with Gasteiger partial charge in [-0.05, 0) is 31.5 Å². The van der Waals surface area contributed by atoms with Gasteiger partial charge in [0.2, 0.25) is 0 Å². The van der Waals surface area contributed by atoms with E-state index in [-0.39, 0.29) is 5.69 Å². The highest BCUT2D eigenvalue weighted by Crippen LogP contribution is 2.34. The standard InChI is InChI=1S/C14H16F2N2O/c1-4-17-9-7-10(14(15)16)18-13-11(19-3)6-5-8(2)12(9)13/h5-7,14H,4H2,1-3H3,(H,17,18). The molecule has 0 aliphatic carbocycles. The molecule has 2 aromatic rings. The first kappa shape index (κ1) is 13.5. The summed E-state index contributed by atoms with van der Waals surface area (Å²) >= 11 is 0. The van der Waals surface area contributed by atoms with Crippen molar-refractivity contribution in [2.24, 2.45) is 0 Å². The van der Waals surface area contributed by atoms with Crippen molar-refractivity contribution in [1.82, 2.24) is 4.98 Å². The van der Waals surface area contributed by atoms with Gasteiger partial charge in [-0.1, -0.05) is 6.07 Å². The van der Waals surface area contributed by atoms with Crippen molar-refractivity contribution in [3.8, 4) is 5.75 Å². The lowest BCUT2D eigenvalue weighted by Gasteiger charge is -2.14. The minimum atomic E-state index is -2.60. The fourth-order valence-corrected chi connectivity index (χ4v) is 2.11. The molecule has 0 saturated heterocycles. The zero-order valence-electron chi connectivity index (χ0n) is 11.1. The molecule has 0 unspecified atom stereocenters. The summed E-state index contributed by atoms with van der Waals surface area (Å²) in [7, 11) is 1.51. The first-order valence-electron chi connectivity index (χ1n) is 6.08. The molecule has 0 spiro atoms. The van der Waals surface area contributed by atoms with Crippen molar-refractivity contribution < 1.29 is 13.5 Å². The quantitative estimate of drug-likeness (QED) is 0.910. The summed E-state index contributed by atoms with van der Waals surface area (Å²) in [6.07, 6.45) is -2.60. The van der Waals surface area contributed by atoms with E-state index in [1.807, 2.05) is 19.9 Å². The molecule has 5 heteroatoms. The lowest BCUT2D eigenvalue weighted by molar-refractivity contribution is 0.146. The Kier molecular flexibility index (Phi) is 3.83. The maximum atomic E-state index is 12.9. The molecule has 0 saturated carbocycles. The minimum Gasteiger partial charge on any atom is -0.494 e. The van der Waals surface area contributed by atoms with E-state index >= 15 is 0 Å². The number of anilines is 1. The number of alkyl halides is 2. The molecule has 1 aromatic heterocycles. The molecule has 1 aromatic carbocycles. The van der Waals surface area contributed by atoms with Crippen LogP contribution in [-0.2, 0) is 0 Å². The van der Waals surface area contributed by atoms with E-state index in [2.05, 4.69) is 10.3 Å². The van der Waals surface area contributed by atoms with Gasteiger partial charge in [0.1, 0.15) is 17.0 Å². The Hall–Kier alpha value is -1.91. The molecule has 1 N–H and O–H groups in total. The van der Waals surface area contributed by atoms with E-state index in [0.29, 0.717) is 23.5 Å². The van der Waals surface area contributed by atoms with Gasteiger partial charge >= 0.3 is 0 Å². The van der Waals surface area contributed by atoms with Crippen molar-refractivity contribution in [2.75, 3.05) is 19.0 Å². The molecule has 0 amide bonds. The number of pyridine rings is 1. The molecule has 3 nitrogen and oxygen atoms in total. The number of ether oxygens (including phenoxy) is 1. The predicted octanol–water partition coefficient (Wildman–Crippen LogP) is 3.92. The first-order chi connectivity index (χ1) is 9.08. The van der Waals surface area contributed by atoms with E-state index in [1.54, 1.807) is 6.07 Å². The molecule has 0 bridgehead atoms. The van der Waals surface area contributed by atoms with Crippen LogP contribution in [0.15, 0.2) is 18.2 Å². The number of hydrogen-bond donors (Lipinski definition) is 1. The van der Waals surface area contributed by atoms with Gasteiger partial charge in [-0.25, -0.2) is 13.8 Å². The highest BCUT2D eigenvalue weighted by Gasteiger charge is 2.16. The number of aryl methyl sites for hydroxylation is 1. The molecular weight excluding hydrogens is 250 g/mol. The number of nitrogens with one attached hydrogen (secondary N) is 1. The fourth-order valence-electron chi connectivity index (χ4n) is 2.11. The SMILES string of the molecule is CCNc1cc(C(F)F)nc2c(OC)ccc(C)c12. The topological polar surface area (TPSA) is 34.2 Å². The number of benzene rings is 1. The third-order valence-corrected chi connectivity index (χ3v) is 2.96. The van der Waals surface area contributed by atoms with Crippen LogP contribution < -0.4 is 10.1 Å². The molecule has 1 heterocycles. The predicted molar refractivity (Wildman–Crippen MR) is 72.2 cm³/mol. The van der Waals surface area contributed by atoms with Gasteiger partial charge in [0.15, 0.2) is 0 Å². The van der Waals surface area contributed by atoms with Gasteiger partial charge in [0.25, 0.3) is 6.43 Å². The van der Waals surface area contributed by atoms with Gasteiger partial charge in [-0.15, -0.1) is 0 Å². The van der Waals surface area contributed by atoms with E-state index < -0.39 is 6.43 Å². The van der Waals surface area contributed by atoms with E-state index in [0.717, 1.165) is 10.9 Å². The smallest absolute Gasteiger partial charge is 0.280 e. The minimum absolute atomic E-state index is 0.243. The second-order valence-electron chi connectivity index (χ2n) is 4.23. The summed E-state index contributed by atoms with van der Waals surface area (Å²) in [5.74, 6) is 0.502. The van der Waals surface area contributed by atoms with Crippen LogP contribution in [0.25, 0.3) is 10.9 Å². The van der Waals surface area contributed by atoms with E-state index in [4.69, 9.17) is 4.74 Å². The van der Waals surface area contributed by atoms with Crippen LogP contribution in [0.2, 0.25) is 0 Å². The molecule has 0 atom stereocenters. The Labute approximate surface area is 110 Å². The first-order valence-corrected chi connectivity index (χ1v) is 6.08. The molecule has 0 radical (unpaired) electrons. The maximum absolute atomic E-state index is 12.9. The highest BCUT2D eigenvalue weighted by atomic mass is 19.3. The Morgan fingerprint density at radius 3 is 2.68 bits per heavy atom. The van der Waals surface area contributed by atoms with Crippen LogP contribution in [-0.4, -0.2) is 18.6 Å². The van der Waals surface area contributed by atoms with E-state index in [9.17, 15) is 8.78 Å². The molecular formula is C14H16F2N2O. The summed E-state index contributed by atoms with van der Waals surface area (Å²) in [5, 5.41) is 3.93. The van der Waals surface area contributed by atoms with Crippen molar-refractivity contribution in [3.05, 3.63) is 29.5 Å². The summed E-state index contributed by atoms with van der Waals surface area (Å²) in [6.45, 7) is 4.49. The van der Waals surface area contributed by atoms with Crippen LogP contribution in [0.3, 0.4) is 0 Å². The van der Waals surface area contributed by atoms with Crippen molar-refractivity contribution in [2.45, 2.75) is 20.3 Å².